The van der Waals surface area contributed by atoms with Crippen LogP contribution in [-0.4, -0.2) is 70.0 Å². The van der Waals surface area contributed by atoms with Crippen LogP contribution in [0.15, 0.2) is 4.99 Å². The summed E-state index contributed by atoms with van der Waals surface area (Å²) in [6, 6.07) is 0. The van der Waals surface area contributed by atoms with Gasteiger partial charge in [0.05, 0.1) is 6.54 Å². The Kier molecular flexibility index (Phi) is 13.7. The van der Waals surface area contributed by atoms with Crippen molar-refractivity contribution in [3.63, 3.8) is 0 Å². The van der Waals surface area contributed by atoms with Gasteiger partial charge in [-0.3, -0.25) is 9.89 Å². The summed E-state index contributed by atoms with van der Waals surface area (Å²) in [5.41, 5.74) is 0. The summed E-state index contributed by atoms with van der Waals surface area (Å²) in [5.74, 6) is 1.49. The van der Waals surface area contributed by atoms with E-state index in [9.17, 15) is 13.2 Å². The molecule has 1 fully saturated rings. The second-order valence-corrected chi connectivity index (χ2v) is 6.27. The Hall–Kier alpha value is -0.290. The summed E-state index contributed by atoms with van der Waals surface area (Å²) in [7, 11) is 1.48. The number of alkyl halides is 3. The topological polar surface area (TPSA) is 48.9 Å². The lowest BCUT2D eigenvalue weighted by Crippen LogP contribution is -2.39. The van der Waals surface area contributed by atoms with Crippen molar-refractivity contribution in [3.05, 3.63) is 0 Å². The van der Waals surface area contributed by atoms with E-state index in [1.807, 2.05) is 6.92 Å². The minimum absolute atomic E-state index is 0. The van der Waals surface area contributed by atoms with Crippen molar-refractivity contribution in [2.75, 3.05) is 53.0 Å². The first-order valence-electron chi connectivity index (χ1n) is 8.76. The van der Waals surface area contributed by atoms with Crippen molar-refractivity contribution in [2.45, 2.75) is 38.8 Å². The Morgan fingerprint density at radius 3 is 2.56 bits per heavy atom. The maximum absolute atomic E-state index is 12.2. The van der Waals surface area contributed by atoms with Crippen molar-refractivity contribution in [3.8, 4) is 0 Å². The molecular weight excluding hydrogens is 448 g/mol. The molecular formula is C16H32F3IN4O. The number of hydrogen-bond acceptors (Lipinski definition) is 3. The van der Waals surface area contributed by atoms with E-state index >= 15 is 0 Å². The molecule has 0 amide bonds. The maximum atomic E-state index is 12.2. The molecule has 1 aliphatic rings. The molecule has 150 valence electrons. The minimum atomic E-state index is -4.14. The van der Waals surface area contributed by atoms with Crippen molar-refractivity contribution < 1.29 is 17.9 Å². The van der Waals surface area contributed by atoms with Gasteiger partial charge >= 0.3 is 6.18 Å². The van der Waals surface area contributed by atoms with E-state index in [4.69, 9.17) is 4.74 Å². The molecule has 0 bridgehead atoms. The van der Waals surface area contributed by atoms with E-state index in [0.29, 0.717) is 32.0 Å². The average Bonchev–Trinajstić information content (AvgIpc) is 3.29. The van der Waals surface area contributed by atoms with Crippen LogP contribution in [0.4, 0.5) is 13.2 Å². The molecule has 9 heteroatoms. The van der Waals surface area contributed by atoms with Gasteiger partial charge in [-0.15, -0.1) is 24.0 Å². The smallest absolute Gasteiger partial charge is 0.381 e. The van der Waals surface area contributed by atoms with E-state index in [2.05, 4.69) is 15.6 Å². The van der Waals surface area contributed by atoms with E-state index in [1.54, 1.807) is 0 Å². The van der Waals surface area contributed by atoms with Gasteiger partial charge in [-0.05, 0) is 52.1 Å². The molecule has 1 aliphatic carbocycles. The van der Waals surface area contributed by atoms with Gasteiger partial charge in [0.25, 0.3) is 0 Å². The minimum Gasteiger partial charge on any atom is -0.381 e. The molecule has 1 saturated carbocycles. The first-order valence-corrected chi connectivity index (χ1v) is 8.76. The monoisotopic (exact) mass is 480 g/mol. The lowest BCUT2D eigenvalue weighted by molar-refractivity contribution is -0.143. The van der Waals surface area contributed by atoms with Crippen LogP contribution in [0.3, 0.4) is 0 Å². The molecule has 0 heterocycles. The summed E-state index contributed by atoms with van der Waals surface area (Å²) in [5, 5.41) is 6.28. The van der Waals surface area contributed by atoms with Crippen molar-refractivity contribution in [1.29, 1.82) is 0 Å². The molecule has 0 saturated heterocycles. The number of rotatable bonds is 12. The molecule has 0 unspecified atom stereocenters. The van der Waals surface area contributed by atoms with Crippen LogP contribution in [0.25, 0.3) is 0 Å². The van der Waals surface area contributed by atoms with Gasteiger partial charge in [-0.2, -0.15) is 13.2 Å². The van der Waals surface area contributed by atoms with Crippen molar-refractivity contribution in [1.82, 2.24) is 15.5 Å². The number of guanidine groups is 1. The third-order valence-electron chi connectivity index (χ3n) is 3.57. The number of nitrogens with one attached hydrogen (secondary N) is 2. The summed E-state index contributed by atoms with van der Waals surface area (Å²) < 4.78 is 42.2. The Bertz CT molecular complexity index is 366. The second-order valence-electron chi connectivity index (χ2n) is 6.27. The Morgan fingerprint density at radius 1 is 1.24 bits per heavy atom. The molecule has 0 aromatic carbocycles. The Morgan fingerprint density at radius 2 is 1.96 bits per heavy atom. The molecule has 1 rings (SSSR count). The molecule has 0 atom stereocenters. The quantitative estimate of drug-likeness (QED) is 0.195. The van der Waals surface area contributed by atoms with Crippen molar-refractivity contribution in [2.24, 2.45) is 10.9 Å². The zero-order chi connectivity index (χ0) is 17.8. The molecule has 25 heavy (non-hydrogen) atoms. The SMILES string of the molecule is CCNC(=NCCCOCC1CC1)NCCCN(C)CC(F)(F)F.I. The highest BCUT2D eigenvalue weighted by Gasteiger charge is 2.28. The van der Waals surface area contributed by atoms with Gasteiger partial charge in [0, 0.05) is 32.8 Å². The van der Waals surface area contributed by atoms with E-state index in [-0.39, 0.29) is 24.0 Å². The van der Waals surface area contributed by atoms with E-state index in [1.165, 1.54) is 24.8 Å². The van der Waals surface area contributed by atoms with Crippen LogP contribution in [0, 0.1) is 5.92 Å². The van der Waals surface area contributed by atoms with Crippen LogP contribution in [-0.2, 0) is 4.74 Å². The van der Waals surface area contributed by atoms with Gasteiger partial charge in [-0.1, -0.05) is 0 Å². The first kappa shape index (κ1) is 24.7. The Balaban J connectivity index is 0.00000576. The van der Waals surface area contributed by atoms with Crippen LogP contribution < -0.4 is 10.6 Å². The normalized spacial score (nSPS) is 15.2. The van der Waals surface area contributed by atoms with Crippen LogP contribution >= 0.6 is 24.0 Å². The summed E-state index contributed by atoms with van der Waals surface area (Å²) in [6.45, 7) is 5.10. The number of nitrogens with zero attached hydrogens (tertiary/aromatic N) is 2. The highest BCUT2D eigenvalue weighted by molar-refractivity contribution is 14.0. The van der Waals surface area contributed by atoms with Crippen LogP contribution in [0.2, 0.25) is 0 Å². The number of halogens is 4. The molecule has 0 aromatic heterocycles. The molecule has 2 N–H and O–H groups in total. The standard InChI is InChI=1S/C16H31F3N4O.HI/c1-3-20-15(22-9-5-11-24-12-14-6-7-14)21-8-4-10-23(2)13-16(17,18)19;/h14H,3-13H2,1-2H3,(H2,20,21,22);1H. The summed E-state index contributed by atoms with van der Waals surface area (Å²) in [6.07, 6.45) is -0.0468. The lowest BCUT2D eigenvalue weighted by Gasteiger charge is -2.18. The van der Waals surface area contributed by atoms with Gasteiger partial charge in [-0.25, -0.2) is 0 Å². The largest absolute Gasteiger partial charge is 0.401 e. The predicted octanol–water partition coefficient (Wildman–Crippen LogP) is 2.86. The van der Waals surface area contributed by atoms with Gasteiger partial charge in [0.1, 0.15) is 0 Å². The van der Waals surface area contributed by atoms with Gasteiger partial charge in [0.2, 0.25) is 0 Å². The number of hydrogen-bond donors (Lipinski definition) is 2. The van der Waals surface area contributed by atoms with Crippen LogP contribution in [0.5, 0.6) is 0 Å². The fourth-order valence-corrected chi connectivity index (χ4v) is 2.17. The lowest BCUT2D eigenvalue weighted by atomic mass is 10.4. The molecule has 5 nitrogen and oxygen atoms in total. The van der Waals surface area contributed by atoms with Crippen LogP contribution in [0.1, 0.15) is 32.6 Å². The fourth-order valence-electron chi connectivity index (χ4n) is 2.17. The summed E-state index contributed by atoms with van der Waals surface area (Å²) in [4.78, 5) is 5.72. The third kappa shape index (κ3) is 15.7. The highest BCUT2D eigenvalue weighted by Crippen LogP contribution is 2.28. The number of ether oxygens (including phenoxy) is 1. The van der Waals surface area contributed by atoms with E-state index in [0.717, 1.165) is 32.1 Å². The Labute approximate surface area is 166 Å². The summed E-state index contributed by atoms with van der Waals surface area (Å²) >= 11 is 0. The predicted molar refractivity (Wildman–Crippen MR) is 106 cm³/mol. The molecule has 0 aliphatic heterocycles. The molecule has 0 spiro atoms. The zero-order valence-electron chi connectivity index (χ0n) is 15.2. The third-order valence-corrected chi connectivity index (χ3v) is 3.57. The first-order chi connectivity index (χ1) is 11.4. The molecule has 0 aromatic rings. The fraction of sp³-hybridized carbons (Fsp3) is 0.938. The van der Waals surface area contributed by atoms with Gasteiger partial charge < -0.3 is 15.4 Å². The van der Waals surface area contributed by atoms with E-state index < -0.39 is 12.7 Å². The second kappa shape index (κ2) is 13.9. The highest BCUT2D eigenvalue weighted by atomic mass is 127. The number of aliphatic imine (C=N–C) groups is 1. The maximum Gasteiger partial charge on any atom is 0.401 e. The zero-order valence-corrected chi connectivity index (χ0v) is 17.5. The average molecular weight is 480 g/mol. The molecule has 0 radical (unpaired) electrons. The van der Waals surface area contributed by atoms with Crippen molar-refractivity contribution >= 4 is 29.9 Å². The van der Waals surface area contributed by atoms with Gasteiger partial charge in [0.15, 0.2) is 5.96 Å².